The van der Waals surface area contributed by atoms with Gasteiger partial charge in [0.05, 0.1) is 20.8 Å². The van der Waals surface area contributed by atoms with Gasteiger partial charge in [-0.2, -0.15) is 0 Å². The average molecular weight is 308 g/mol. The summed E-state index contributed by atoms with van der Waals surface area (Å²) in [5.41, 5.74) is 0.593. The van der Waals surface area contributed by atoms with Crippen molar-refractivity contribution in [2.75, 3.05) is 32.6 Å². The minimum Gasteiger partial charge on any atom is -0.493 e. The van der Waals surface area contributed by atoms with Gasteiger partial charge in [-0.25, -0.2) is 0 Å². The molecule has 0 aliphatic carbocycles. The molecule has 0 saturated carbocycles. The number of hydrogen-bond acceptors (Lipinski definition) is 4. The predicted molar refractivity (Wildman–Crippen MR) is 85.3 cm³/mol. The van der Waals surface area contributed by atoms with Crippen LogP contribution in [0.2, 0.25) is 0 Å². The molecule has 0 aliphatic heterocycles. The lowest BCUT2D eigenvalue weighted by molar-refractivity contribution is -0.133. The monoisotopic (exact) mass is 308 g/mol. The summed E-state index contributed by atoms with van der Waals surface area (Å²) in [6.07, 6.45) is 0. The van der Waals surface area contributed by atoms with Crippen molar-refractivity contribution in [3.63, 3.8) is 0 Å². The van der Waals surface area contributed by atoms with Gasteiger partial charge in [0.15, 0.2) is 11.5 Å². The zero-order chi connectivity index (χ0) is 16.7. The molecule has 0 aromatic heterocycles. The average Bonchev–Trinajstić information content (AvgIpc) is 2.45. The van der Waals surface area contributed by atoms with Crippen LogP contribution in [0.5, 0.6) is 11.5 Å². The maximum absolute atomic E-state index is 12.1. The normalized spacial score (nSPS) is 10.3. The van der Waals surface area contributed by atoms with Crippen molar-refractivity contribution in [1.82, 2.24) is 4.90 Å². The Kier molecular flexibility index (Phi) is 6.69. The van der Waals surface area contributed by atoms with Gasteiger partial charge >= 0.3 is 0 Å². The van der Waals surface area contributed by atoms with Gasteiger partial charge in [-0.05, 0) is 18.1 Å². The number of nitrogens with one attached hydrogen (secondary N) is 1. The Hall–Kier alpha value is -2.24. The van der Waals surface area contributed by atoms with Gasteiger partial charge in [0.25, 0.3) is 0 Å². The molecule has 1 aromatic carbocycles. The number of ether oxygens (including phenoxy) is 2. The van der Waals surface area contributed by atoms with E-state index in [0.29, 0.717) is 29.6 Å². The minimum atomic E-state index is -0.247. The van der Waals surface area contributed by atoms with E-state index < -0.39 is 0 Å². The zero-order valence-corrected chi connectivity index (χ0v) is 13.8. The first-order chi connectivity index (χ1) is 10.4. The standard InChI is InChI=1S/C16H24N2O4/c1-11(2)9-18(12(3)19)10-16(20)17-13-6-7-14(21-4)15(8-13)22-5/h6-8,11H,9-10H2,1-5H3,(H,17,20). The molecule has 1 rings (SSSR count). The van der Waals surface area contributed by atoms with E-state index in [4.69, 9.17) is 9.47 Å². The first-order valence-corrected chi connectivity index (χ1v) is 7.14. The molecule has 2 amide bonds. The number of amides is 2. The summed E-state index contributed by atoms with van der Waals surface area (Å²) in [5.74, 6) is 1.06. The van der Waals surface area contributed by atoms with Crippen LogP contribution >= 0.6 is 0 Å². The van der Waals surface area contributed by atoms with Crippen molar-refractivity contribution in [2.24, 2.45) is 5.92 Å². The molecule has 0 unspecified atom stereocenters. The predicted octanol–water partition coefficient (Wildman–Crippen LogP) is 2.15. The molecule has 0 fully saturated rings. The third-order valence-corrected chi connectivity index (χ3v) is 3.03. The zero-order valence-electron chi connectivity index (χ0n) is 13.8. The molecular formula is C16H24N2O4. The van der Waals surface area contributed by atoms with Gasteiger partial charge in [0.1, 0.15) is 0 Å². The van der Waals surface area contributed by atoms with Gasteiger partial charge < -0.3 is 19.7 Å². The summed E-state index contributed by atoms with van der Waals surface area (Å²) in [7, 11) is 3.08. The van der Waals surface area contributed by atoms with Crippen LogP contribution in [0.3, 0.4) is 0 Å². The smallest absolute Gasteiger partial charge is 0.243 e. The van der Waals surface area contributed by atoms with Crippen LogP contribution in [0.4, 0.5) is 5.69 Å². The van der Waals surface area contributed by atoms with E-state index in [2.05, 4.69) is 5.32 Å². The summed E-state index contributed by atoms with van der Waals surface area (Å²) in [4.78, 5) is 25.2. The number of anilines is 1. The Balaban J connectivity index is 2.73. The van der Waals surface area contributed by atoms with Crippen LogP contribution in [0.15, 0.2) is 18.2 Å². The van der Waals surface area contributed by atoms with Gasteiger partial charge in [0.2, 0.25) is 11.8 Å². The Morgan fingerprint density at radius 2 is 1.82 bits per heavy atom. The molecule has 1 aromatic rings. The summed E-state index contributed by atoms with van der Waals surface area (Å²) in [6.45, 7) is 6.05. The van der Waals surface area contributed by atoms with E-state index >= 15 is 0 Å². The summed E-state index contributed by atoms with van der Waals surface area (Å²) < 4.78 is 10.3. The summed E-state index contributed by atoms with van der Waals surface area (Å²) >= 11 is 0. The number of methoxy groups -OCH3 is 2. The van der Waals surface area contributed by atoms with Crippen LogP contribution < -0.4 is 14.8 Å². The topological polar surface area (TPSA) is 67.9 Å². The highest BCUT2D eigenvalue weighted by Crippen LogP contribution is 2.29. The highest BCUT2D eigenvalue weighted by molar-refractivity contribution is 5.94. The van der Waals surface area contributed by atoms with E-state index in [0.717, 1.165) is 0 Å². The van der Waals surface area contributed by atoms with Crippen LogP contribution in [0, 0.1) is 5.92 Å². The maximum atomic E-state index is 12.1. The number of rotatable bonds is 7. The Labute approximate surface area is 131 Å². The van der Waals surface area contributed by atoms with E-state index in [-0.39, 0.29) is 18.4 Å². The molecule has 22 heavy (non-hydrogen) atoms. The molecule has 0 saturated heterocycles. The second-order valence-corrected chi connectivity index (χ2v) is 5.41. The van der Waals surface area contributed by atoms with Crippen molar-refractivity contribution in [3.8, 4) is 11.5 Å². The molecule has 0 atom stereocenters. The van der Waals surface area contributed by atoms with Crippen LogP contribution in [-0.2, 0) is 9.59 Å². The van der Waals surface area contributed by atoms with Crippen LogP contribution in [0.1, 0.15) is 20.8 Å². The maximum Gasteiger partial charge on any atom is 0.243 e. The lowest BCUT2D eigenvalue weighted by atomic mass is 10.2. The first kappa shape index (κ1) is 17.8. The quantitative estimate of drug-likeness (QED) is 0.838. The van der Waals surface area contributed by atoms with Crippen molar-refractivity contribution in [2.45, 2.75) is 20.8 Å². The number of nitrogens with zero attached hydrogens (tertiary/aromatic N) is 1. The third kappa shape index (κ3) is 5.27. The third-order valence-electron chi connectivity index (χ3n) is 3.03. The highest BCUT2D eigenvalue weighted by Gasteiger charge is 2.15. The van der Waals surface area contributed by atoms with Gasteiger partial charge in [-0.1, -0.05) is 13.8 Å². The molecule has 6 heteroatoms. The molecule has 0 heterocycles. The number of hydrogen-bond donors (Lipinski definition) is 1. The number of carbonyl (C=O) groups excluding carboxylic acids is 2. The van der Waals surface area contributed by atoms with E-state index in [9.17, 15) is 9.59 Å². The largest absolute Gasteiger partial charge is 0.493 e. The van der Waals surface area contributed by atoms with Gasteiger partial charge in [-0.3, -0.25) is 9.59 Å². The molecule has 0 bridgehead atoms. The van der Waals surface area contributed by atoms with E-state index in [1.807, 2.05) is 13.8 Å². The van der Waals surface area contributed by atoms with Crippen LogP contribution in [0.25, 0.3) is 0 Å². The molecule has 0 aliphatic rings. The van der Waals surface area contributed by atoms with E-state index in [1.165, 1.54) is 18.9 Å². The Morgan fingerprint density at radius 1 is 1.18 bits per heavy atom. The number of carbonyl (C=O) groups is 2. The fraction of sp³-hybridized carbons (Fsp3) is 0.500. The molecule has 0 radical (unpaired) electrons. The molecular weight excluding hydrogens is 284 g/mol. The summed E-state index contributed by atoms with van der Waals surface area (Å²) in [6, 6.07) is 5.11. The fourth-order valence-electron chi connectivity index (χ4n) is 2.03. The Morgan fingerprint density at radius 3 is 2.32 bits per heavy atom. The van der Waals surface area contributed by atoms with Crippen LogP contribution in [-0.4, -0.2) is 44.0 Å². The summed E-state index contributed by atoms with van der Waals surface area (Å²) in [5, 5.41) is 2.76. The second kappa shape index (κ2) is 8.26. The highest BCUT2D eigenvalue weighted by atomic mass is 16.5. The molecule has 0 spiro atoms. The van der Waals surface area contributed by atoms with E-state index in [1.54, 1.807) is 25.3 Å². The number of benzene rings is 1. The lowest BCUT2D eigenvalue weighted by Crippen LogP contribution is -2.38. The molecule has 1 N–H and O–H groups in total. The lowest BCUT2D eigenvalue weighted by Gasteiger charge is -2.22. The fourth-order valence-corrected chi connectivity index (χ4v) is 2.03. The molecule has 122 valence electrons. The molecule has 6 nitrogen and oxygen atoms in total. The van der Waals surface area contributed by atoms with Gasteiger partial charge in [0, 0.05) is 25.2 Å². The van der Waals surface area contributed by atoms with Gasteiger partial charge in [-0.15, -0.1) is 0 Å². The van der Waals surface area contributed by atoms with Crippen molar-refractivity contribution < 1.29 is 19.1 Å². The first-order valence-electron chi connectivity index (χ1n) is 7.14. The SMILES string of the molecule is COc1ccc(NC(=O)CN(CC(C)C)C(C)=O)cc1OC. The Bertz CT molecular complexity index is 529. The second-order valence-electron chi connectivity index (χ2n) is 5.41. The van der Waals surface area contributed by atoms with Crippen molar-refractivity contribution in [1.29, 1.82) is 0 Å². The van der Waals surface area contributed by atoms with Crippen molar-refractivity contribution >= 4 is 17.5 Å². The minimum absolute atomic E-state index is 0.0296. The van der Waals surface area contributed by atoms with Crippen molar-refractivity contribution in [3.05, 3.63) is 18.2 Å².